The highest BCUT2D eigenvalue weighted by Gasteiger charge is 1.96. The van der Waals surface area contributed by atoms with Crippen molar-refractivity contribution in [1.82, 2.24) is 5.32 Å². The van der Waals surface area contributed by atoms with Crippen molar-refractivity contribution >= 4 is 20.2 Å². The lowest BCUT2D eigenvalue weighted by Crippen LogP contribution is -2.16. The van der Waals surface area contributed by atoms with E-state index in [4.69, 9.17) is 4.55 Å². The SMILES string of the molecule is CNCCOS(=O)(O)=S. The number of hydrogen-bond donors (Lipinski definition) is 2. The van der Waals surface area contributed by atoms with Crippen molar-refractivity contribution in [3.8, 4) is 0 Å². The van der Waals surface area contributed by atoms with Gasteiger partial charge in [0.1, 0.15) is 0 Å². The lowest BCUT2D eigenvalue weighted by molar-refractivity contribution is 0.305. The molecule has 2 N–H and O–H groups in total. The standard InChI is InChI=1S/C3H9NO3S2/c1-4-2-3-7-9(5,6)8/h4H,2-3H2,1H3,(H,5,6,8). The topological polar surface area (TPSA) is 58.6 Å². The lowest BCUT2D eigenvalue weighted by atomic mass is 10.7. The Morgan fingerprint density at radius 1 is 1.89 bits per heavy atom. The normalized spacial score (nSPS) is 17.1. The molecule has 1 atom stereocenters. The van der Waals surface area contributed by atoms with Gasteiger partial charge in [0.25, 0.3) is 9.05 Å². The Labute approximate surface area is 59.3 Å². The van der Waals surface area contributed by atoms with Crippen molar-refractivity contribution < 1.29 is 12.9 Å². The molecule has 9 heavy (non-hydrogen) atoms. The molecule has 0 aliphatic rings. The van der Waals surface area contributed by atoms with Crippen LogP contribution in [0.4, 0.5) is 0 Å². The molecule has 0 rings (SSSR count). The van der Waals surface area contributed by atoms with E-state index < -0.39 is 9.05 Å². The Morgan fingerprint density at radius 3 is 2.78 bits per heavy atom. The van der Waals surface area contributed by atoms with Gasteiger partial charge in [-0.2, -0.15) is 4.21 Å². The zero-order valence-electron chi connectivity index (χ0n) is 4.99. The van der Waals surface area contributed by atoms with Crippen LogP contribution in [0.1, 0.15) is 0 Å². The molecule has 1 unspecified atom stereocenters. The predicted octanol–water partition coefficient (Wildman–Crippen LogP) is -0.643. The van der Waals surface area contributed by atoms with Gasteiger partial charge in [-0.1, -0.05) is 0 Å². The highest BCUT2D eigenvalue weighted by Crippen LogP contribution is 1.83. The molecular formula is C3H9NO3S2. The molecule has 0 heterocycles. The number of hydrogen-bond acceptors (Lipinski definition) is 4. The summed E-state index contributed by atoms with van der Waals surface area (Å²) in [5, 5.41) is 2.73. The smallest absolute Gasteiger partial charge is 0.266 e. The molecule has 0 aromatic carbocycles. The first-order chi connectivity index (χ1) is 4.06. The van der Waals surface area contributed by atoms with Crippen molar-refractivity contribution in [3.05, 3.63) is 0 Å². The second kappa shape index (κ2) is 4.13. The van der Waals surface area contributed by atoms with Crippen molar-refractivity contribution in [3.63, 3.8) is 0 Å². The van der Waals surface area contributed by atoms with E-state index in [0.29, 0.717) is 6.54 Å². The minimum absolute atomic E-state index is 0.162. The van der Waals surface area contributed by atoms with Gasteiger partial charge in [0.2, 0.25) is 0 Å². The van der Waals surface area contributed by atoms with E-state index >= 15 is 0 Å². The molecule has 6 heteroatoms. The van der Waals surface area contributed by atoms with Gasteiger partial charge in [0.15, 0.2) is 0 Å². The highest BCUT2D eigenvalue weighted by atomic mass is 32.9. The van der Waals surface area contributed by atoms with Crippen LogP contribution >= 0.6 is 0 Å². The first-order valence-electron chi connectivity index (χ1n) is 2.32. The van der Waals surface area contributed by atoms with Crippen LogP contribution in [-0.2, 0) is 24.4 Å². The first kappa shape index (κ1) is 9.25. The molecule has 0 fully saturated rings. The van der Waals surface area contributed by atoms with Crippen LogP contribution < -0.4 is 5.32 Å². The summed E-state index contributed by atoms with van der Waals surface area (Å²) in [7, 11) is -1.69. The largest absolute Gasteiger partial charge is 0.317 e. The lowest BCUT2D eigenvalue weighted by Gasteiger charge is -1.99. The zero-order valence-corrected chi connectivity index (χ0v) is 6.63. The van der Waals surface area contributed by atoms with Crippen LogP contribution in [0.5, 0.6) is 0 Å². The predicted molar refractivity (Wildman–Crippen MR) is 38.0 cm³/mol. The molecule has 0 saturated heterocycles. The summed E-state index contributed by atoms with van der Waals surface area (Å²) >= 11 is 4.03. The Hall–Kier alpha value is 0.250. The summed E-state index contributed by atoms with van der Waals surface area (Å²) in [5.41, 5.74) is 0. The number of nitrogens with one attached hydrogen (secondary N) is 1. The minimum atomic E-state index is -3.40. The molecule has 0 aromatic rings. The van der Waals surface area contributed by atoms with E-state index in [-0.39, 0.29) is 6.61 Å². The first-order valence-corrected chi connectivity index (χ1v) is 4.69. The van der Waals surface area contributed by atoms with E-state index in [2.05, 4.69) is 20.7 Å². The summed E-state index contributed by atoms with van der Waals surface area (Å²) < 4.78 is 22.8. The van der Waals surface area contributed by atoms with Crippen LogP contribution in [-0.4, -0.2) is 29.0 Å². The zero-order chi connectivity index (χ0) is 7.33. The van der Waals surface area contributed by atoms with Crippen LogP contribution in [0.15, 0.2) is 0 Å². The number of rotatable bonds is 4. The van der Waals surface area contributed by atoms with Gasteiger partial charge < -0.3 is 5.32 Å². The molecule has 0 spiro atoms. The van der Waals surface area contributed by atoms with Gasteiger partial charge in [-0.3, -0.25) is 8.74 Å². The van der Waals surface area contributed by atoms with Gasteiger partial charge in [0.05, 0.1) is 6.61 Å². The van der Waals surface area contributed by atoms with Gasteiger partial charge in [-0.25, -0.2) is 0 Å². The second-order valence-corrected chi connectivity index (χ2v) is 3.71. The second-order valence-electron chi connectivity index (χ2n) is 1.35. The molecule has 0 saturated carbocycles. The van der Waals surface area contributed by atoms with E-state index in [1.807, 2.05) is 0 Å². The fraction of sp³-hybridized carbons (Fsp3) is 1.00. The molecule has 4 nitrogen and oxygen atoms in total. The van der Waals surface area contributed by atoms with E-state index in [0.717, 1.165) is 0 Å². The fourth-order valence-electron chi connectivity index (χ4n) is 0.249. The maximum Gasteiger partial charge on any atom is 0.266 e. The summed E-state index contributed by atoms with van der Waals surface area (Å²) in [6.45, 7) is 0.684. The third-order valence-corrected chi connectivity index (χ3v) is 1.34. The third-order valence-electron chi connectivity index (χ3n) is 0.584. The van der Waals surface area contributed by atoms with Crippen molar-refractivity contribution in [1.29, 1.82) is 0 Å². The van der Waals surface area contributed by atoms with Gasteiger partial charge in [0, 0.05) is 17.7 Å². The van der Waals surface area contributed by atoms with Crippen molar-refractivity contribution in [2.75, 3.05) is 20.2 Å². The average Bonchev–Trinajstić information content (AvgIpc) is 1.63. The van der Waals surface area contributed by atoms with E-state index in [9.17, 15) is 4.21 Å². The summed E-state index contributed by atoms with van der Waals surface area (Å²) in [5.74, 6) is 0. The van der Waals surface area contributed by atoms with Crippen LogP contribution in [0.3, 0.4) is 0 Å². The van der Waals surface area contributed by atoms with Crippen LogP contribution in [0.2, 0.25) is 0 Å². The summed E-state index contributed by atoms with van der Waals surface area (Å²) in [6, 6.07) is 0. The molecule has 0 bridgehead atoms. The van der Waals surface area contributed by atoms with Crippen molar-refractivity contribution in [2.24, 2.45) is 0 Å². The fourth-order valence-corrected chi connectivity index (χ4v) is 0.747. The monoisotopic (exact) mass is 171 g/mol. The van der Waals surface area contributed by atoms with Crippen LogP contribution in [0, 0.1) is 0 Å². The summed E-state index contributed by atoms with van der Waals surface area (Å²) in [4.78, 5) is 0. The highest BCUT2D eigenvalue weighted by molar-refractivity contribution is 8.27. The maximum absolute atomic E-state index is 10.2. The Morgan fingerprint density at radius 2 is 2.44 bits per heavy atom. The quantitative estimate of drug-likeness (QED) is 0.551. The summed E-state index contributed by atoms with van der Waals surface area (Å²) in [6.07, 6.45) is 0. The molecule has 0 amide bonds. The molecule has 0 aliphatic carbocycles. The molecule has 0 aliphatic heterocycles. The van der Waals surface area contributed by atoms with Gasteiger partial charge >= 0.3 is 0 Å². The molecular weight excluding hydrogens is 162 g/mol. The minimum Gasteiger partial charge on any atom is -0.317 e. The Kier molecular flexibility index (Phi) is 4.24. The average molecular weight is 171 g/mol. The molecule has 56 valence electrons. The Balaban J connectivity index is 3.30. The molecule has 0 aromatic heterocycles. The third kappa shape index (κ3) is 8.25. The van der Waals surface area contributed by atoms with Gasteiger partial charge in [-0.05, 0) is 7.05 Å². The Bertz CT molecular complexity index is 152. The van der Waals surface area contributed by atoms with Crippen LogP contribution in [0.25, 0.3) is 0 Å². The van der Waals surface area contributed by atoms with Gasteiger partial charge in [-0.15, -0.1) is 0 Å². The number of likely N-dealkylation sites (N-methyl/N-ethyl adjacent to an activating group) is 1. The van der Waals surface area contributed by atoms with E-state index in [1.54, 1.807) is 7.05 Å². The van der Waals surface area contributed by atoms with Crippen molar-refractivity contribution in [2.45, 2.75) is 0 Å². The molecule has 0 radical (unpaired) electrons. The maximum atomic E-state index is 10.2. The van der Waals surface area contributed by atoms with E-state index in [1.165, 1.54) is 0 Å².